The van der Waals surface area contributed by atoms with Crippen LogP contribution in [-0.2, 0) is 12.8 Å². The molecule has 0 atom stereocenters. The molecule has 0 radical (unpaired) electrons. The van der Waals surface area contributed by atoms with E-state index in [1.807, 2.05) is 39.0 Å². The lowest BCUT2D eigenvalue weighted by Crippen LogP contribution is -2.15. The molecule has 4 heteroatoms. The highest BCUT2D eigenvalue weighted by Crippen LogP contribution is 2.39. The number of aryl methyl sites for hydroxylation is 2. The number of carbonyl (C=O) groups is 2. The quantitative estimate of drug-likeness (QED) is 0.410. The van der Waals surface area contributed by atoms with Crippen molar-refractivity contribution in [3.05, 3.63) is 94.5 Å². The topological polar surface area (TPSA) is 52.6 Å². The van der Waals surface area contributed by atoms with Crippen molar-refractivity contribution in [3.63, 3.8) is 0 Å². The van der Waals surface area contributed by atoms with Crippen LogP contribution in [0.3, 0.4) is 0 Å². The van der Waals surface area contributed by atoms with E-state index >= 15 is 0 Å². The predicted molar refractivity (Wildman–Crippen MR) is 113 cm³/mol. The number of ether oxygens (including phenoxy) is 2. The molecule has 0 saturated carbocycles. The van der Waals surface area contributed by atoms with Gasteiger partial charge < -0.3 is 9.47 Å². The molecule has 29 heavy (non-hydrogen) atoms. The van der Waals surface area contributed by atoms with Crippen LogP contribution in [0.2, 0.25) is 0 Å². The minimum atomic E-state index is -0.489. The highest BCUT2D eigenvalue weighted by atomic mass is 16.6. The first-order chi connectivity index (χ1) is 14.0. The van der Waals surface area contributed by atoms with Crippen molar-refractivity contribution in [3.8, 4) is 11.5 Å². The van der Waals surface area contributed by atoms with E-state index in [2.05, 4.69) is 0 Å². The Labute approximate surface area is 171 Å². The van der Waals surface area contributed by atoms with E-state index in [1.165, 1.54) is 0 Å². The van der Waals surface area contributed by atoms with Gasteiger partial charge in [-0.05, 0) is 55.2 Å². The molecule has 3 rings (SSSR count). The molecule has 0 fully saturated rings. The summed E-state index contributed by atoms with van der Waals surface area (Å²) < 4.78 is 11.5. The molecule has 0 spiro atoms. The largest absolute Gasteiger partial charge is 0.419 e. The molecule has 0 N–H and O–H groups in total. The number of carbonyl (C=O) groups excluding carboxylic acids is 2. The van der Waals surface area contributed by atoms with E-state index in [-0.39, 0.29) is 5.75 Å². The third-order valence-electron chi connectivity index (χ3n) is 4.76. The Hall–Kier alpha value is -3.40. The Balaban J connectivity index is 2.04. The standard InChI is InChI=1S/C25H24O4/c1-4-18-16-17(3)22(28-24(26)19-12-8-6-9-13-19)23(21(18)5-2)29-25(27)20-14-10-7-11-15-20/h6-16H,4-5H2,1-3H3. The molecule has 0 aliphatic rings. The zero-order valence-electron chi connectivity index (χ0n) is 16.9. The number of hydrogen-bond acceptors (Lipinski definition) is 4. The number of esters is 2. The molecule has 0 unspecified atom stereocenters. The minimum Gasteiger partial charge on any atom is -0.419 e. The average molecular weight is 388 g/mol. The molecule has 0 saturated heterocycles. The highest BCUT2D eigenvalue weighted by molar-refractivity contribution is 5.93. The lowest BCUT2D eigenvalue weighted by Gasteiger charge is -2.19. The molecule has 0 aliphatic carbocycles. The van der Waals surface area contributed by atoms with E-state index in [0.717, 1.165) is 23.1 Å². The van der Waals surface area contributed by atoms with Crippen LogP contribution in [0.4, 0.5) is 0 Å². The second kappa shape index (κ2) is 9.20. The molecule has 0 aliphatic heterocycles. The van der Waals surface area contributed by atoms with Gasteiger partial charge >= 0.3 is 11.9 Å². The lowest BCUT2D eigenvalue weighted by molar-refractivity contribution is 0.0680. The van der Waals surface area contributed by atoms with Crippen LogP contribution in [0.15, 0.2) is 66.7 Å². The third-order valence-corrected chi connectivity index (χ3v) is 4.76. The summed E-state index contributed by atoms with van der Waals surface area (Å²) in [5.41, 5.74) is 3.57. The Morgan fingerprint density at radius 1 is 0.724 bits per heavy atom. The van der Waals surface area contributed by atoms with Crippen LogP contribution >= 0.6 is 0 Å². The summed E-state index contributed by atoms with van der Waals surface area (Å²) in [6.07, 6.45) is 1.43. The van der Waals surface area contributed by atoms with Gasteiger partial charge in [0.05, 0.1) is 11.1 Å². The normalized spacial score (nSPS) is 10.4. The predicted octanol–water partition coefficient (Wildman–Crippen LogP) is 5.56. The first-order valence-electron chi connectivity index (χ1n) is 9.74. The van der Waals surface area contributed by atoms with Crippen molar-refractivity contribution < 1.29 is 19.1 Å². The maximum Gasteiger partial charge on any atom is 0.343 e. The summed E-state index contributed by atoms with van der Waals surface area (Å²) in [5, 5.41) is 0. The van der Waals surface area contributed by atoms with Crippen molar-refractivity contribution in [2.45, 2.75) is 33.6 Å². The lowest BCUT2D eigenvalue weighted by atomic mass is 9.98. The first-order valence-corrected chi connectivity index (χ1v) is 9.74. The summed E-state index contributed by atoms with van der Waals surface area (Å²) in [6.45, 7) is 5.89. The fourth-order valence-electron chi connectivity index (χ4n) is 3.27. The van der Waals surface area contributed by atoms with Crippen molar-refractivity contribution in [2.24, 2.45) is 0 Å². The van der Waals surface area contributed by atoms with Gasteiger partial charge in [-0.1, -0.05) is 56.3 Å². The molecule has 3 aromatic rings. The van der Waals surface area contributed by atoms with Gasteiger partial charge in [0.15, 0.2) is 11.5 Å². The van der Waals surface area contributed by atoms with Crippen molar-refractivity contribution >= 4 is 11.9 Å². The summed E-state index contributed by atoms with van der Waals surface area (Å²) in [5.74, 6) is -0.360. The van der Waals surface area contributed by atoms with Crippen molar-refractivity contribution in [2.75, 3.05) is 0 Å². The van der Waals surface area contributed by atoms with Gasteiger partial charge in [-0.2, -0.15) is 0 Å². The molecule has 4 nitrogen and oxygen atoms in total. The van der Waals surface area contributed by atoms with E-state index in [0.29, 0.717) is 23.3 Å². The maximum atomic E-state index is 12.7. The molecule has 0 amide bonds. The van der Waals surface area contributed by atoms with Gasteiger partial charge in [0.1, 0.15) is 0 Å². The van der Waals surface area contributed by atoms with Crippen LogP contribution in [0.5, 0.6) is 11.5 Å². The fourth-order valence-corrected chi connectivity index (χ4v) is 3.27. The Bertz CT molecular complexity index is 1010. The van der Waals surface area contributed by atoms with Gasteiger partial charge in [-0.15, -0.1) is 0 Å². The number of benzene rings is 3. The van der Waals surface area contributed by atoms with Gasteiger partial charge in [-0.3, -0.25) is 0 Å². The Morgan fingerprint density at radius 3 is 1.66 bits per heavy atom. The van der Waals surface area contributed by atoms with Gasteiger partial charge in [0.2, 0.25) is 0 Å². The first kappa shape index (κ1) is 20.3. The molecule has 0 aromatic heterocycles. The minimum absolute atomic E-state index is 0.289. The summed E-state index contributed by atoms with van der Waals surface area (Å²) in [6, 6.07) is 19.5. The molecular formula is C25H24O4. The number of rotatable bonds is 6. The zero-order chi connectivity index (χ0) is 20.8. The summed E-state index contributed by atoms with van der Waals surface area (Å²) in [7, 11) is 0. The molecule has 3 aromatic carbocycles. The van der Waals surface area contributed by atoms with Crippen molar-refractivity contribution in [1.29, 1.82) is 0 Å². The van der Waals surface area contributed by atoms with E-state index in [1.54, 1.807) is 48.5 Å². The van der Waals surface area contributed by atoms with E-state index in [9.17, 15) is 9.59 Å². The fraction of sp³-hybridized carbons (Fsp3) is 0.200. The van der Waals surface area contributed by atoms with Gasteiger partial charge in [0, 0.05) is 5.56 Å². The van der Waals surface area contributed by atoms with Crippen LogP contribution in [0, 0.1) is 6.92 Å². The summed E-state index contributed by atoms with van der Waals surface area (Å²) in [4.78, 5) is 25.4. The SMILES string of the molecule is CCc1cc(C)c(OC(=O)c2ccccc2)c(OC(=O)c2ccccc2)c1CC. The van der Waals surface area contributed by atoms with Crippen LogP contribution in [-0.4, -0.2) is 11.9 Å². The van der Waals surface area contributed by atoms with Crippen LogP contribution in [0.25, 0.3) is 0 Å². The second-order valence-corrected chi connectivity index (χ2v) is 6.71. The van der Waals surface area contributed by atoms with Crippen LogP contribution < -0.4 is 9.47 Å². The highest BCUT2D eigenvalue weighted by Gasteiger charge is 2.23. The summed E-state index contributed by atoms with van der Waals surface area (Å²) >= 11 is 0. The Kier molecular flexibility index (Phi) is 6.45. The molecule has 0 bridgehead atoms. The molecule has 0 heterocycles. The molecular weight excluding hydrogens is 364 g/mol. The van der Waals surface area contributed by atoms with Gasteiger partial charge in [-0.25, -0.2) is 9.59 Å². The molecule has 148 valence electrons. The van der Waals surface area contributed by atoms with Gasteiger partial charge in [0.25, 0.3) is 0 Å². The monoisotopic (exact) mass is 388 g/mol. The third kappa shape index (κ3) is 4.54. The Morgan fingerprint density at radius 2 is 1.21 bits per heavy atom. The van der Waals surface area contributed by atoms with Crippen LogP contribution in [0.1, 0.15) is 51.3 Å². The van der Waals surface area contributed by atoms with E-state index in [4.69, 9.17) is 9.47 Å². The maximum absolute atomic E-state index is 12.7. The number of hydrogen-bond donors (Lipinski definition) is 0. The average Bonchev–Trinajstić information content (AvgIpc) is 2.76. The smallest absolute Gasteiger partial charge is 0.343 e. The van der Waals surface area contributed by atoms with E-state index < -0.39 is 11.9 Å². The van der Waals surface area contributed by atoms with Crippen molar-refractivity contribution in [1.82, 2.24) is 0 Å². The zero-order valence-corrected chi connectivity index (χ0v) is 16.9. The second-order valence-electron chi connectivity index (χ2n) is 6.71.